The maximum Gasteiger partial charge on any atom is 2.00 e. The Bertz CT molecular complexity index is 2120. The van der Waals surface area contributed by atoms with Crippen LogP contribution in [0, 0.1) is 6.92 Å². The first-order chi connectivity index (χ1) is 21.6. The molecule has 0 heterocycles. The fourth-order valence-corrected chi connectivity index (χ4v) is 8.42. The van der Waals surface area contributed by atoms with Gasteiger partial charge in [0.15, 0.2) is 0 Å². The molecule has 226 valence electrons. The summed E-state index contributed by atoms with van der Waals surface area (Å²) in [5.41, 5.74) is 12.1. The molecule has 7 rings (SSSR count). The molecule has 0 atom stereocenters. The molecular weight excluding hydrogens is 581 g/mol. The van der Waals surface area contributed by atoms with Crippen LogP contribution in [0.15, 0.2) is 127 Å². The number of aryl methyl sites for hydroxylation is 1. The first kappa shape index (κ1) is 33.8. The summed E-state index contributed by atoms with van der Waals surface area (Å²) in [7, 11) is -0.359. The summed E-state index contributed by atoms with van der Waals surface area (Å²) < 4.78 is 0. The van der Waals surface area contributed by atoms with Crippen LogP contribution in [0.4, 0.5) is 0 Å². The monoisotopic (exact) mass is 624 g/mol. The smallest absolute Gasteiger partial charge is 0.165 e. The first-order valence-electron chi connectivity index (χ1n) is 16.2. The fourth-order valence-electron chi connectivity index (χ4n) is 6.81. The predicted octanol–water partition coefficient (Wildman–Crippen LogP) is 12.1. The van der Waals surface area contributed by atoms with Gasteiger partial charge in [-0.05, 0) is 41.8 Å². The van der Waals surface area contributed by atoms with Gasteiger partial charge >= 0.3 is 23.1 Å². The molecule has 0 aliphatic rings. The molecule has 7 aromatic carbocycles. The summed E-state index contributed by atoms with van der Waals surface area (Å²) >= 11 is 0. The van der Waals surface area contributed by atoms with Crippen molar-refractivity contribution in [2.45, 2.75) is 59.0 Å². The Morgan fingerprint density at radius 2 is 1.20 bits per heavy atom. The molecule has 0 fully saturated rings. The van der Waals surface area contributed by atoms with Crippen LogP contribution in [0.25, 0.3) is 54.6 Å². The third-order valence-corrected chi connectivity index (χ3v) is 10.3. The minimum absolute atomic E-state index is 0. The Hall–Kier alpha value is -3.57. The van der Waals surface area contributed by atoms with E-state index in [4.69, 9.17) is 0 Å². The van der Waals surface area contributed by atoms with Crippen molar-refractivity contribution in [1.82, 2.24) is 0 Å². The van der Waals surface area contributed by atoms with Crippen molar-refractivity contribution < 1.29 is 0 Å². The number of hydrogen-bond donors (Lipinski definition) is 0. The fraction of sp³-hybridized carbons (Fsp3) is 0.205. The second-order valence-corrected chi connectivity index (χ2v) is 16.1. The van der Waals surface area contributed by atoms with Gasteiger partial charge in [0, 0.05) is 5.41 Å². The van der Waals surface area contributed by atoms with Gasteiger partial charge in [-0.15, -0.1) is 69.1 Å². The van der Waals surface area contributed by atoms with E-state index < -0.39 is 0 Å². The van der Waals surface area contributed by atoms with Gasteiger partial charge in [-0.3, -0.25) is 0 Å². The number of hydrogen-bond acceptors (Lipinski definition) is 0. The van der Waals surface area contributed by atoms with Crippen LogP contribution in [0.2, 0.25) is 13.1 Å². The number of benzene rings is 5. The molecule has 46 heavy (non-hydrogen) atoms. The van der Waals surface area contributed by atoms with Crippen molar-refractivity contribution >= 4 is 69.5 Å². The van der Waals surface area contributed by atoms with Crippen LogP contribution < -0.4 is 0 Å². The van der Waals surface area contributed by atoms with Crippen molar-refractivity contribution in [3.05, 3.63) is 144 Å². The molecule has 0 aromatic heterocycles. The molecule has 0 amide bonds. The first-order valence-corrected chi connectivity index (χ1v) is 18.8. The Morgan fingerprint density at radius 1 is 0.630 bits per heavy atom. The Morgan fingerprint density at radius 3 is 1.87 bits per heavy atom. The molecule has 7 aromatic rings. The molecule has 0 spiro atoms. The standard InChI is InChI=1S/C24H29Si.C20H15.Mg/c1-17(2)20-14-19-8-7-9-22(23(19)15-20)18-10-12-21(13-11-18)24(3,4)16-25(5)6;1-14-12-16-8-5-11-19(20(16)13-14)18-10-4-7-15-6-2-3-9-17(15)18;/h7-17H,1-6H3;2-13H,1H3;/q2*-1;+2. The van der Waals surface area contributed by atoms with Crippen molar-refractivity contribution in [2.24, 2.45) is 0 Å². The van der Waals surface area contributed by atoms with E-state index in [1.165, 1.54) is 71.3 Å². The molecule has 0 saturated heterocycles. The van der Waals surface area contributed by atoms with Gasteiger partial charge < -0.3 is 0 Å². The summed E-state index contributed by atoms with van der Waals surface area (Å²) in [6, 6.07) is 46.8. The second-order valence-electron chi connectivity index (χ2n) is 13.6. The molecule has 0 nitrogen and oxygen atoms in total. The van der Waals surface area contributed by atoms with Crippen LogP contribution in [0.5, 0.6) is 0 Å². The zero-order valence-electron chi connectivity index (χ0n) is 28.5. The van der Waals surface area contributed by atoms with Crippen molar-refractivity contribution in [2.75, 3.05) is 0 Å². The van der Waals surface area contributed by atoms with Gasteiger partial charge in [0.05, 0.1) is 0 Å². The molecule has 0 aliphatic heterocycles. The van der Waals surface area contributed by atoms with E-state index in [0.717, 1.165) is 0 Å². The van der Waals surface area contributed by atoms with Crippen molar-refractivity contribution in [1.29, 1.82) is 0 Å². The van der Waals surface area contributed by atoms with Gasteiger partial charge in [0.25, 0.3) is 0 Å². The van der Waals surface area contributed by atoms with E-state index in [1.54, 1.807) is 0 Å². The average Bonchev–Trinajstić information content (AvgIpc) is 3.64. The summed E-state index contributed by atoms with van der Waals surface area (Å²) in [5, 5.41) is 8.02. The zero-order valence-corrected chi connectivity index (χ0v) is 30.9. The van der Waals surface area contributed by atoms with E-state index in [9.17, 15) is 0 Å². The third kappa shape index (κ3) is 7.05. The van der Waals surface area contributed by atoms with Crippen LogP contribution >= 0.6 is 0 Å². The van der Waals surface area contributed by atoms with E-state index >= 15 is 0 Å². The van der Waals surface area contributed by atoms with E-state index in [2.05, 4.69) is 181 Å². The summed E-state index contributed by atoms with van der Waals surface area (Å²) in [5.74, 6) is 0.568. The summed E-state index contributed by atoms with van der Waals surface area (Å²) in [6.07, 6.45) is 0. The topological polar surface area (TPSA) is 0 Å². The summed E-state index contributed by atoms with van der Waals surface area (Å²) in [6.45, 7) is 16.0. The van der Waals surface area contributed by atoms with Gasteiger partial charge in [0.2, 0.25) is 0 Å². The predicted molar refractivity (Wildman–Crippen MR) is 209 cm³/mol. The van der Waals surface area contributed by atoms with Gasteiger partial charge in [-0.25, -0.2) is 0 Å². The van der Waals surface area contributed by atoms with Gasteiger partial charge in [-0.2, -0.15) is 12.1 Å². The van der Waals surface area contributed by atoms with Crippen molar-refractivity contribution in [3.63, 3.8) is 0 Å². The normalized spacial score (nSPS) is 11.4. The molecule has 0 aliphatic carbocycles. The molecule has 2 heteroatoms. The molecule has 0 saturated carbocycles. The van der Waals surface area contributed by atoms with Gasteiger partial charge in [-0.1, -0.05) is 143 Å². The van der Waals surface area contributed by atoms with Crippen LogP contribution in [0.1, 0.15) is 50.3 Å². The zero-order chi connectivity index (χ0) is 31.7. The minimum Gasteiger partial charge on any atom is -0.165 e. The van der Waals surface area contributed by atoms with Gasteiger partial charge in [0.1, 0.15) is 0 Å². The quantitative estimate of drug-likeness (QED) is 0.132. The number of rotatable bonds is 5. The molecule has 0 N–H and O–H groups in total. The summed E-state index contributed by atoms with van der Waals surface area (Å²) in [4.78, 5) is 0. The molecular formula is C44H44MgSi. The largest absolute Gasteiger partial charge is 2.00 e. The van der Waals surface area contributed by atoms with E-state index in [1.807, 2.05) is 0 Å². The van der Waals surface area contributed by atoms with Crippen LogP contribution in [0.3, 0.4) is 0 Å². The van der Waals surface area contributed by atoms with Crippen LogP contribution in [-0.2, 0) is 5.41 Å². The molecule has 0 unspecified atom stereocenters. The molecule has 0 bridgehead atoms. The number of fused-ring (bicyclic) bond motifs is 3. The van der Waals surface area contributed by atoms with Crippen LogP contribution in [-0.4, -0.2) is 37.1 Å². The minimum atomic E-state index is -0.359. The average molecular weight is 625 g/mol. The Kier molecular flexibility index (Phi) is 10.3. The van der Waals surface area contributed by atoms with Crippen molar-refractivity contribution in [3.8, 4) is 22.3 Å². The van der Waals surface area contributed by atoms with E-state index in [0.29, 0.717) is 5.92 Å². The maximum atomic E-state index is 2.53. The van der Waals surface area contributed by atoms with E-state index in [-0.39, 0.29) is 36.9 Å². The SMILES string of the molecule is CC(C)c1cc2c(-c3ccc(C(C)(C)C=[Si](C)C)cc3)cccc2[cH-]1.Cc1cc2c(-c3cccc4ccccc34)cccc2[cH-]1.[Mg+2]. The Labute approximate surface area is 293 Å². The third-order valence-electron chi connectivity index (χ3n) is 9.00. The second kappa shape index (κ2) is 14.1. The Balaban J connectivity index is 0.000000181. The maximum absolute atomic E-state index is 2.53. The molecule has 0 radical (unpaired) electrons.